The molecule has 0 aliphatic carbocycles. The zero-order valence-electron chi connectivity index (χ0n) is 17.4. The summed E-state index contributed by atoms with van der Waals surface area (Å²) in [4.78, 5) is 20.6. The third-order valence-electron chi connectivity index (χ3n) is 5.29. The summed E-state index contributed by atoms with van der Waals surface area (Å²) in [6.07, 6.45) is 1.02. The number of amides is 1. The Balaban J connectivity index is 1.84. The molecule has 1 aromatic carbocycles. The number of carbonyl (C=O) groups excluding carboxylic acids is 1. The molecular formula is C19H29N5O4S. The second-order valence-electron chi connectivity index (χ2n) is 7.72. The molecule has 0 radical (unpaired) electrons. The number of rotatable bonds is 7. The van der Waals surface area contributed by atoms with E-state index in [1.54, 1.807) is 21.3 Å². The Morgan fingerprint density at radius 3 is 2.48 bits per heavy atom. The van der Waals surface area contributed by atoms with Crippen LogP contribution in [0, 0.1) is 11.8 Å². The fourth-order valence-corrected chi connectivity index (χ4v) is 5.57. The maximum absolute atomic E-state index is 13.2. The van der Waals surface area contributed by atoms with E-state index in [4.69, 9.17) is 4.84 Å². The molecular weight excluding hydrogens is 394 g/mol. The number of hydrogen-bond acceptors (Lipinski definition) is 6. The van der Waals surface area contributed by atoms with Crippen LogP contribution in [0.1, 0.15) is 34.1 Å². The summed E-state index contributed by atoms with van der Waals surface area (Å²) in [5.41, 5.74) is 0.913. The Morgan fingerprint density at radius 1 is 1.21 bits per heavy atom. The van der Waals surface area contributed by atoms with Gasteiger partial charge in [-0.2, -0.15) is 4.31 Å². The molecule has 1 aromatic heterocycles. The fraction of sp³-hybridized carbons (Fsp3) is 0.632. The van der Waals surface area contributed by atoms with Crippen LogP contribution in [0.3, 0.4) is 0 Å². The Morgan fingerprint density at radius 2 is 1.86 bits per heavy atom. The third kappa shape index (κ3) is 4.53. The van der Waals surface area contributed by atoms with E-state index in [1.807, 2.05) is 13.8 Å². The molecule has 0 N–H and O–H groups in total. The number of fused-ring (bicyclic) bond motifs is 1. The molecule has 1 amide bonds. The first kappa shape index (κ1) is 21.5. The van der Waals surface area contributed by atoms with Crippen molar-refractivity contribution in [3.8, 4) is 0 Å². The number of nitrogens with zero attached hydrogens (tertiary/aromatic N) is 5. The van der Waals surface area contributed by atoms with Crippen molar-refractivity contribution in [2.24, 2.45) is 11.8 Å². The minimum atomic E-state index is -3.63. The predicted octanol–water partition coefficient (Wildman–Crippen LogP) is 1.39. The van der Waals surface area contributed by atoms with Crippen LogP contribution in [0.2, 0.25) is 0 Å². The highest BCUT2D eigenvalue weighted by atomic mass is 32.2. The van der Waals surface area contributed by atoms with Gasteiger partial charge in [0, 0.05) is 26.2 Å². The molecule has 0 unspecified atom stereocenters. The van der Waals surface area contributed by atoms with E-state index in [0.717, 1.165) is 11.3 Å². The van der Waals surface area contributed by atoms with Gasteiger partial charge >= 0.3 is 0 Å². The Labute approximate surface area is 171 Å². The lowest BCUT2D eigenvalue weighted by Crippen LogP contribution is -2.42. The van der Waals surface area contributed by atoms with Crippen LogP contribution in [0.15, 0.2) is 23.1 Å². The lowest BCUT2D eigenvalue weighted by Gasteiger charge is -2.34. The highest BCUT2D eigenvalue weighted by molar-refractivity contribution is 7.89. The number of carbonyl (C=O) groups is 1. The van der Waals surface area contributed by atoms with E-state index in [2.05, 4.69) is 24.2 Å². The smallest absolute Gasteiger partial charge is 0.263 e. The molecule has 0 saturated carbocycles. The summed E-state index contributed by atoms with van der Waals surface area (Å²) in [6.45, 7) is 9.93. The summed E-state index contributed by atoms with van der Waals surface area (Å²) in [5, 5.41) is 7.90. The SMILES string of the molecule is CCN(CC)C(=O)COn1nnc2ccc(S(=O)(=O)N3C[C@H](C)C[C@@H](C)C3)cc21. The number of sulfonamides is 1. The van der Waals surface area contributed by atoms with Gasteiger partial charge in [0.05, 0.1) is 4.90 Å². The number of benzene rings is 1. The Hall–Kier alpha value is -2.20. The minimum absolute atomic E-state index is 0.168. The highest BCUT2D eigenvalue weighted by Gasteiger charge is 2.32. The first-order valence-electron chi connectivity index (χ1n) is 10.0. The molecule has 2 heterocycles. The van der Waals surface area contributed by atoms with Crippen molar-refractivity contribution < 1.29 is 18.0 Å². The highest BCUT2D eigenvalue weighted by Crippen LogP contribution is 2.27. The van der Waals surface area contributed by atoms with Gasteiger partial charge in [-0.05, 0) is 55.5 Å². The average molecular weight is 424 g/mol. The number of aromatic nitrogens is 3. The molecule has 3 rings (SSSR count). The molecule has 160 valence electrons. The molecule has 10 heteroatoms. The van der Waals surface area contributed by atoms with Crippen molar-refractivity contribution in [2.75, 3.05) is 32.8 Å². The molecule has 9 nitrogen and oxygen atoms in total. The van der Waals surface area contributed by atoms with Crippen LogP contribution in [0.4, 0.5) is 0 Å². The monoisotopic (exact) mass is 423 g/mol. The summed E-state index contributed by atoms with van der Waals surface area (Å²) in [7, 11) is -3.63. The maximum Gasteiger partial charge on any atom is 0.263 e. The van der Waals surface area contributed by atoms with Gasteiger partial charge in [-0.1, -0.05) is 18.7 Å². The van der Waals surface area contributed by atoms with Gasteiger partial charge in [0.1, 0.15) is 11.0 Å². The number of piperidine rings is 1. The molecule has 1 aliphatic rings. The molecule has 0 spiro atoms. The van der Waals surface area contributed by atoms with Crippen LogP contribution in [0.5, 0.6) is 0 Å². The zero-order chi connectivity index (χ0) is 21.2. The summed E-state index contributed by atoms with van der Waals surface area (Å²) < 4.78 is 27.9. The third-order valence-corrected chi connectivity index (χ3v) is 7.11. The lowest BCUT2D eigenvalue weighted by atomic mass is 9.94. The lowest BCUT2D eigenvalue weighted by molar-refractivity contribution is -0.136. The second-order valence-corrected chi connectivity index (χ2v) is 9.66. The van der Waals surface area contributed by atoms with Gasteiger partial charge in [0.25, 0.3) is 5.91 Å². The van der Waals surface area contributed by atoms with E-state index in [0.29, 0.717) is 49.0 Å². The van der Waals surface area contributed by atoms with Gasteiger partial charge in [-0.15, -0.1) is 5.10 Å². The molecule has 1 saturated heterocycles. The molecule has 0 bridgehead atoms. The molecule has 2 aromatic rings. The fourth-order valence-electron chi connectivity index (χ4n) is 3.87. The Kier molecular flexibility index (Phi) is 6.42. The maximum atomic E-state index is 13.2. The minimum Gasteiger partial charge on any atom is -0.385 e. The van der Waals surface area contributed by atoms with E-state index < -0.39 is 10.0 Å². The predicted molar refractivity (Wildman–Crippen MR) is 109 cm³/mol. The van der Waals surface area contributed by atoms with Gasteiger partial charge in [0.2, 0.25) is 10.0 Å². The van der Waals surface area contributed by atoms with Crippen LogP contribution >= 0.6 is 0 Å². The van der Waals surface area contributed by atoms with E-state index in [-0.39, 0.29) is 17.4 Å². The van der Waals surface area contributed by atoms with Gasteiger partial charge in [0.15, 0.2) is 6.61 Å². The number of hydrogen-bond donors (Lipinski definition) is 0. The first-order chi connectivity index (χ1) is 13.8. The van der Waals surface area contributed by atoms with Crippen molar-refractivity contribution >= 4 is 27.0 Å². The van der Waals surface area contributed by atoms with E-state index in [1.165, 1.54) is 6.07 Å². The molecule has 29 heavy (non-hydrogen) atoms. The van der Waals surface area contributed by atoms with Crippen LogP contribution in [-0.4, -0.2) is 71.5 Å². The van der Waals surface area contributed by atoms with Gasteiger partial charge in [-0.25, -0.2) is 8.42 Å². The summed E-state index contributed by atoms with van der Waals surface area (Å²) in [6, 6.07) is 4.66. The van der Waals surface area contributed by atoms with Crippen molar-refractivity contribution in [1.82, 2.24) is 24.4 Å². The summed E-state index contributed by atoms with van der Waals surface area (Å²) in [5.74, 6) is 0.469. The topological polar surface area (TPSA) is 97.6 Å². The first-order valence-corrected chi connectivity index (χ1v) is 11.5. The quantitative estimate of drug-likeness (QED) is 0.668. The molecule has 2 atom stereocenters. The van der Waals surface area contributed by atoms with E-state index in [9.17, 15) is 13.2 Å². The molecule has 1 aliphatic heterocycles. The summed E-state index contributed by atoms with van der Waals surface area (Å²) >= 11 is 0. The second kappa shape index (κ2) is 8.66. The number of likely N-dealkylation sites (N-methyl/N-ethyl adjacent to an activating group) is 1. The van der Waals surface area contributed by atoms with Crippen LogP contribution < -0.4 is 4.84 Å². The van der Waals surface area contributed by atoms with Crippen LogP contribution in [-0.2, 0) is 14.8 Å². The average Bonchev–Trinajstić information content (AvgIpc) is 3.09. The normalized spacial score (nSPS) is 20.7. The largest absolute Gasteiger partial charge is 0.385 e. The standard InChI is InChI=1S/C19H29N5O4S/c1-5-22(6-2)19(25)13-28-24-18-10-16(7-8-17(18)20-21-24)29(26,27)23-11-14(3)9-15(4)12-23/h7-8,10,14-15H,5-6,9,11-13H2,1-4H3/t14-,15-/m1/s1. The van der Waals surface area contributed by atoms with E-state index >= 15 is 0 Å². The van der Waals surface area contributed by atoms with Crippen LogP contribution in [0.25, 0.3) is 11.0 Å². The van der Waals surface area contributed by atoms with Crippen molar-refractivity contribution in [3.05, 3.63) is 18.2 Å². The van der Waals surface area contributed by atoms with Crippen molar-refractivity contribution in [2.45, 2.75) is 39.0 Å². The van der Waals surface area contributed by atoms with Gasteiger partial charge in [-0.3, -0.25) is 4.79 Å². The zero-order valence-corrected chi connectivity index (χ0v) is 18.2. The van der Waals surface area contributed by atoms with Crippen molar-refractivity contribution in [1.29, 1.82) is 0 Å². The van der Waals surface area contributed by atoms with Crippen molar-refractivity contribution in [3.63, 3.8) is 0 Å². The molecule has 1 fully saturated rings. The van der Waals surface area contributed by atoms with Gasteiger partial charge < -0.3 is 9.74 Å². The Bertz CT molecular complexity index is 960.